The maximum atomic E-state index is 12.0. The standard InChI is InChI=1S/C16H22N4O2S/c1-11(2)15(21)19-7-5-12(6-8-19)10-13-17-18-16(22)20(13)14-4-3-9-23-14/h3-4,9,11-12H,5-8,10H2,1-2H3,(H,18,22). The fourth-order valence-corrected chi connectivity index (χ4v) is 3.82. The van der Waals surface area contributed by atoms with Crippen molar-refractivity contribution >= 4 is 17.2 Å². The molecule has 0 aliphatic carbocycles. The topological polar surface area (TPSA) is 71.0 Å². The average molecular weight is 334 g/mol. The Morgan fingerprint density at radius 1 is 1.43 bits per heavy atom. The molecule has 0 saturated carbocycles. The van der Waals surface area contributed by atoms with Gasteiger partial charge in [0.1, 0.15) is 10.8 Å². The molecule has 23 heavy (non-hydrogen) atoms. The molecule has 1 N–H and O–H groups in total. The van der Waals surface area contributed by atoms with Crippen LogP contribution in [0.3, 0.4) is 0 Å². The minimum atomic E-state index is -0.185. The number of aromatic nitrogens is 3. The first-order chi connectivity index (χ1) is 11.1. The van der Waals surface area contributed by atoms with Gasteiger partial charge < -0.3 is 4.90 Å². The van der Waals surface area contributed by atoms with Gasteiger partial charge in [-0.1, -0.05) is 13.8 Å². The highest BCUT2D eigenvalue weighted by Gasteiger charge is 2.26. The van der Waals surface area contributed by atoms with E-state index in [2.05, 4.69) is 10.2 Å². The summed E-state index contributed by atoms with van der Waals surface area (Å²) in [4.78, 5) is 26.0. The normalized spacial score (nSPS) is 16.2. The number of nitrogens with zero attached hydrogens (tertiary/aromatic N) is 3. The molecule has 124 valence electrons. The summed E-state index contributed by atoms with van der Waals surface area (Å²) in [6.45, 7) is 5.49. The first kappa shape index (κ1) is 16.0. The van der Waals surface area contributed by atoms with Crippen molar-refractivity contribution in [3.05, 3.63) is 33.8 Å². The minimum Gasteiger partial charge on any atom is -0.342 e. The number of aromatic amines is 1. The van der Waals surface area contributed by atoms with Crippen molar-refractivity contribution in [2.75, 3.05) is 13.1 Å². The van der Waals surface area contributed by atoms with Crippen molar-refractivity contribution in [2.24, 2.45) is 11.8 Å². The molecule has 6 nitrogen and oxygen atoms in total. The highest BCUT2D eigenvalue weighted by molar-refractivity contribution is 7.12. The summed E-state index contributed by atoms with van der Waals surface area (Å²) in [5.74, 6) is 1.53. The Morgan fingerprint density at radius 3 is 2.78 bits per heavy atom. The fraction of sp³-hybridized carbons (Fsp3) is 0.562. The largest absolute Gasteiger partial charge is 0.348 e. The lowest BCUT2D eigenvalue weighted by molar-refractivity contribution is -0.135. The van der Waals surface area contributed by atoms with Crippen molar-refractivity contribution in [3.8, 4) is 5.00 Å². The SMILES string of the molecule is CC(C)C(=O)N1CCC(Cc2n[nH]c(=O)n2-c2cccs2)CC1. The van der Waals surface area contributed by atoms with E-state index in [-0.39, 0.29) is 17.5 Å². The van der Waals surface area contributed by atoms with Crippen molar-refractivity contribution in [3.63, 3.8) is 0 Å². The quantitative estimate of drug-likeness (QED) is 0.930. The van der Waals surface area contributed by atoms with Crippen LogP contribution in [0.2, 0.25) is 0 Å². The number of thiophene rings is 1. The number of carbonyl (C=O) groups excluding carboxylic acids is 1. The number of rotatable bonds is 4. The van der Waals surface area contributed by atoms with Gasteiger partial charge in [0.15, 0.2) is 0 Å². The molecule has 3 rings (SSSR count). The van der Waals surface area contributed by atoms with Crippen molar-refractivity contribution < 1.29 is 4.79 Å². The fourth-order valence-electron chi connectivity index (χ4n) is 3.07. The Balaban J connectivity index is 1.66. The highest BCUT2D eigenvalue weighted by atomic mass is 32.1. The van der Waals surface area contributed by atoms with Crippen LogP contribution in [-0.2, 0) is 11.2 Å². The number of hydrogen-bond donors (Lipinski definition) is 1. The molecule has 2 aromatic heterocycles. The second-order valence-corrected chi connectivity index (χ2v) is 7.29. The Kier molecular flexibility index (Phi) is 4.66. The van der Waals surface area contributed by atoms with Crippen LogP contribution in [0.4, 0.5) is 0 Å². The van der Waals surface area contributed by atoms with E-state index in [1.807, 2.05) is 36.3 Å². The molecule has 1 aliphatic heterocycles. The molecule has 7 heteroatoms. The Hall–Kier alpha value is -1.89. The number of likely N-dealkylation sites (tertiary alicyclic amines) is 1. The van der Waals surface area contributed by atoms with Gasteiger partial charge in [-0.2, -0.15) is 5.10 Å². The summed E-state index contributed by atoms with van der Waals surface area (Å²) in [5, 5.41) is 9.60. The smallest absolute Gasteiger partial charge is 0.342 e. The number of H-pyrrole nitrogens is 1. The first-order valence-corrected chi connectivity index (χ1v) is 8.93. The summed E-state index contributed by atoms with van der Waals surface area (Å²) in [7, 11) is 0. The first-order valence-electron chi connectivity index (χ1n) is 8.05. The van der Waals surface area contributed by atoms with E-state index in [1.165, 1.54) is 11.3 Å². The van der Waals surface area contributed by atoms with Crippen molar-refractivity contribution in [1.29, 1.82) is 0 Å². The van der Waals surface area contributed by atoms with Crippen LogP contribution < -0.4 is 5.69 Å². The van der Waals surface area contributed by atoms with Gasteiger partial charge in [0.05, 0.1) is 0 Å². The molecule has 1 fully saturated rings. The Morgan fingerprint density at radius 2 is 2.17 bits per heavy atom. The van der Waals surface area contributed by atoms with E-state index in [0.29, 0.717) is 5.92 Å². The lowest BCUT2D eigenvalue weighted by Gasteiger charge is -2.32. The molecular weight excluding hydrogens is 312 g/mol. The van der Waals surface area contributed by atoms with Gasteiger partial charge in [-0.3, -0.25) is 4.79 Å². The maximum Gasteiger partial charge on any atom is 0.348 e. The Labute approximate surface area is 139 Å². The number of piperidine rings is 1. The molecule has 3 heterocycles. The number of carbonyl (C=O) groups is 1. The van der Waals surface area contributed by atoms with E-state index < -0.39 is 0 Å². The second kappa shape index (κ2) is 6.70. The molecule has 1 aliphatic rings. The number of nitrogens with one attached hydrogen (secondary N) is 1. The van der Waals surface area contributed by atoms with Crippen LogP contribution >= 0.6 is 11.3 Å². The molecule has 1 amide bonds. The number of hydrogen-bond acceptors (Lipinski definition) is 4. The third kappa shape index (κ3) is 3.39. The summed E-state index contributed by atoms with van der Waals surface area (Å²) < 4.78 is 1.66. The van der Waals surface area contributed by atoms with Crippen LogP contribution in [0.5, 0.6) is 0 Å². The minimum absolute atomic E-state index is 0.0573. The van der Waals surface area contributed by atoms with Gasteiger partial charge in [0.25, 0.3) is 0 Å². The molecule has 0 bridgehead atoms. The third-order valence-corrected chi connectivity index (χ3v) is 5.21. The van der Waals surface area contributed by atoms with Crippen molar-refractivity contribution in [2.45, 2.75) is 33.1 Å². The summed E-state index contributed by atoms with van der Waals surface area (Å²) in [5.41, 5.74) is -0.185. The molecule has 0 aromatic carbocycles. The van der Waals surface area contributed by atoms with Crippen LogP contribution in [0.25, 0.3) is 5.00 Å². The highest BCUT2D eigenvalue weighted by Crippen LogP contribution is 2.23. The van der Waals surface area contributed by atoms with Gasteiger partial charge in [-0.05, 0) is 36.3 Å². The predicted octanol–water partition coefficient (Wildman–Crippen LogP) is 2.06. The van der Waals surface area contributed by atoms with Crippen LogP contribution in [0.15, 0.2) is 22.3 Å². The van der Waals surface area contributed by atoms with Gasteiger partial charge in [0, 0.05) is 25.4 Å². The molecule has 0 spiro atoms. The summed E-state index contributed by atoms with van der Waals surface area (Å²) in [6, 6.07) is 3.86. The lowest BCUT2D eigenvalue weighted by atomic mass is 9.92. The third-order valence-electron chi connectivity index (χ3n) is 4.36. The number of amides is 1. The molecule has 0 atom stereocenters. The van der Waals surface area contributed by atoms with E-state index in [9.17, 15) is 9.59 Å². The zero-order valence-electron chi connectivity index (χ0n) is 13.5. The zero-order chi connectivity index (χ0) is 16.4. The van der Waals surface area contributed by atoms with E-state index in [4.69, 9.17) is 0 Å². The molecule has 0 radical (unpaired) electrons. The van der Waals surface area contributed by atoms with Gasteiger partial charge in [-0.15, -0.1) is 11.3 Å². The lowest BCUT2D eigenvalue weighted by Crippen LogP contribution is -2.41. The van der Waals surface area contributed by atoms with E-state index in [1.54, 1.807) is 4.57 Å². The van der Waals surface area contributed by atoms with Crippen LogP contribution in [0.1, 0.15) is 32.5 Å². The maximum absolute atomic E-state index is 12.0. The van der Waals surface area contributed by atoms with Crippen LogP contribution in [-0.4, -0.2) is 38.7 Å². The Bertz CT molecular complexity index is 709. The molecule has 2 aromatic rings. The molecular formula is C16H22N4O2S. The molecule has 0 unspecified atom stereocenters. The monoisotopic (exact) mass is 334 g/mol. The summed E-state index contributed by atoms with van der Waals surface area (Å²) in [6.07, 6.45) is 2.69. The zero-order valence-corrected chi connectivity index (χ0v) is 14.3. The predicted molar refractivity (Wildman–Crippen MR) is 89.9 cm³/mol. The van der Waals surface area contributed by atoms with Gasteiger partial charge in [0.2, 0.25) is 5.91 Å². The van der Waals surface area contributed by atoms with E-state index >= 15 is 0 Å². The average Bonchev–Trinajstić information content (AvgIpc) is 3.17. The van der Waals surface area contributed by atoms with E-state index in [0.717, 1.165) is 43.2 Å². The molecule has 1 saturated heterocycles. The van der Waals surface area contributed by atoms with Crippen molar-refractivity contribution in [1.82, 2.24) is 19.7 Å². The van der Waals surface area contributed by atoms with Crippen LogP contribution in [0, 0.1) is 11.8 Å². The second-order valence-electron chi connectivity index (χ2n) is 6.36. The van der Waals surface area contributed by atoms with Gasteiger partial charge in [-0.25, -0.2) is 14.5 Å². The summed E-state index contributed by atoms with van der Waals surface area (Å²) >= 11 is 1.53. The van der Waals surface area contributed by atoms with Gasteiger partial charge >= 0.3 is 5.69 Å².